The van der Waals surface area contributed by atoms with Gasteiger partial charge >= 0.3 is 0 Å². The summed E-state index contributed by atoms with van der Waals surface area (Å²) in [6.45, 7) is 0.451. The number of aliphatic hydroxyl groups excluding tert-OH is 1. The minimum Gasteiger partial charge on any atom is -0.392 e. The molecule has 0 aromatic heterocycles. The van der Waals surface area contributed by atoms with E-state index in [4.69, 9.17) is 0 Å². The molecule has 7 heteroatoms. The number of β-amino-alcohol motifs (C(OH)–C–C–N with tert-alkyl or cyclic N) is 1. The van der Waals surface area contributed by atoms with Crippen molar-refractivity contribution in [1.82, 2.24) is 4.90 Å². The van der Waals surface area contributed by atoms with Crippen molar-refractivity contribution in [3.63, 3.8) is 0 Å². The van der Waals surface area contributed by atoms with Crippen LogP contribution in [0.4, 0.5) is 8.78 Å². The molecule has 0 radical (unpaired) electrons. The summed E-state index contributed by atoms with van der Waals surface area (Å²) in [6, 6.07) is 2.68. The average Bonchev–Trinajstić information content (AvgIpc) is 2.70. The van der Waals surface area contributed by atoms with Gasteiger partial charge in [-0.15, -0.1) is 0 Å². The van der Waals surface area contributed by atoms with E-state index in [1.807, 2.05) is 0 Å². The molecule has 0 amide bonds. The topological polar surface area (TPSA) is 57.6 Å². The maximum Gasteiger partial charge on any atom is 0.148 e. The first-order valence-electron chi connectivity index (χ1n) is 6.31. The third-order valence-corrected chi connectivity index (χ3v) is 4.37. The van der Waals surface area contributed by atoms with Crippen molar-refractivity contribution in [2.24, 2.45) is 0 Å². The average molecular weight is 305 g/mol. The Kier molecular flexibility index (Phi) is 4.41. The SMILES string of the molecule is CS(=O)(=O)CCN1CC(O)CC1c1cc(F)ccc1F. The Morgan fingerprint density at radius 3 is 2.75 bits per heavy atom. The molecule has 0 spiro atoms. The summed E-state index contributed by atoms with van der Waals surface area (Å²) in [5, 5.41) is 9.71. The minimum atomic E-state index is -3.14. The maximum atomic E-state index is 13.8. The molecule has 0 aliphatic carbocycles. The third kappa shape index (κ3) is 3.74. The van der Waals surface area contributed by atoms with Crippen LogP contribution >= 0.6 is 0 Å². The molecule has 1 aromatic carbocycles. The van der Waals surface area contributed by atoms with Crippen molar-refractivity contribution >= 4 is 9.84 Å². The largest absolute Gasteiger partial charge is 0.392 e. The number of rotatable bonds is 4. The summed E-state index contributed by atoms with van der Waals surface area (Å²) in [4.78, 5) is 1.68. The summed E-state index contributed by atoms with van der Waals surface area (Å²) in [7, 11) is -3.14. The van der Waals surface area contributed by atoms with Crippen LogP contribution in [0.15, 0.2) is 18.2 Å². The zero-order chi connectivity index (χ0) is 14.9. The molecule has 1 fully saturated rings. The Bertz CT molecular complexity index is 591. The van der Waals surface area contributed by atoms with Crippen LogP contribution in [-0.4, -0.2) is 49.6 Å². The van der Waals surface area contributed by atoms with Crippen LogP contribution < -0.4 is 0 Å². The van der Waals surface area contributed by atoms with Gasteiger partial charge in [-0.1, -0.05) is 0 Å². The van der Waals surface area contributed by atoms with Gasteiger partial charge in [-0.05, 0) is 24.6 Å². The van der Waals surface area contributed by atoms with Crippen LogP contribution in [0.5, 0.6) is 0 Å². The van der Waals surface area contributed by atoms with E-state index < -0.39 is 33.6 Å². The molecule has 1 aliphatic rings. The van der Waals surface area contributed by atoms with Crippen LogP contribution in [-0.2, 0) is 9.84 Å². The fraction of sp³-hybridized carbons (Fsp3) is 0.538. The van der Waals surface area contributed by atoms with E-state index in [2.05, 4.69) is 0 Å². The molecule has 0 saturated carbocycles. The van der Waals surface area contributed by atoms with Crippen molar-refractivity contribution in [2.75, 3.05) is 25.1 Å². The van der Waals surface area contributed by atoms with Gasteiger partial charge in [0.1, 0.15) is 21.5 Å². The number of nitrogens with zero attached hydrogens (tertiary/aromatic N) is 1. The Morgan fingerprint density at radius 1 is 1.40 bits per heavy atom. The van der Waals surface area contributed by atoms with Crippen molar-refractivity contribution in [3.05, 3.63) is 35.4 Å². The molecule has 1 aliphatic heterocycles. The summed E-state index contributed by atoms with van der Waals surface area (Å²) < 4.78 is 49.5. The second-order valence-corrected chi connectivity index (χ2v) is 7.46. The number of sulfone groups is 1. The molecule has 20 heavy (non-hydrogen) atoms. The van der Waals surface area contributed by atoms with E-state index in [1.165, 1.54) is 0 Å². The zero-order valence-electron chi connectivity index (χ0n) is 11.1. The molecule has 1 saturated heterocycles. The first-order valence-corrected chi connectivity index (χ1v) is 8.37. The smallest absolute Gasteiger partial charge is 0.148 e. The van der Waals surface area contributed by atoms with Crippen molar-refractivity contribution in [2.45, 2.75) is 18.6 Å². The highest BCUT2D eigenvalue weighted by Gasteiger charge is 2.33. The molecule has 2 atom stereocenters. The predicted octanol–water partition coefficient (Wildman–Crippen LogP) is 1.12. The number of aliphatic hydroxyl groups is 1. The second kappa shape index (κ2) is 5.75. The van der Waals surface area contributed by atoms with Gasteiger partial charge in [0, 0.05) is 31.0 Å². The molecular weight excluding hydrogens is 288 g/mol. The highest BCUT2D eigenvalue weighted by molar-refractivity contribution is 7.90. The van der Waals surface area contributed by atoms with E-state index in [1.54, 1.807) is 4.90 Å². The van der Waals surface area contributed by atoms with Gasteiger partial charge in [-0.2, -0.15) is 0 Å². The highest BCUT2D eigenvalue weighted by Crippen LogP contribution is 2.33. The lowest BCUT2D eigenvalue weighted by Crippen LogP contribution is -2.30. The van der Waals surface area contributed by atoms with Gasteiger partial charge in [0.25, 0.3) is 0 Å². The lowest BCUT2D eigenvalue weighted by molar-refractivity contribution is 0.177. The molecule has 1 N–H and O–H groups in total. The molecule has 2 unspecified atom stereocenters. The summed E-state index contributed by atoms with van der Waals surface area (Å²) in [5.74, 6) is -1.17. The number of hydrogen-bond acceptors (Lipinski definition) is 4. The van der Waals surface area contributed by atoms with Gasteiger partial charge in [0.15, 0.2) is 0 Å². The summed E-state index contributed by atoms with van der Waals surface area (Å²) in [5.41, 5.74) is 0.162. The van der Waals surface area contributed by atoms with Gasteiger partial charge in [0.05, 0.1) is 11.9 Å². The van der Waals surface area contributed by atoms with Crippen molar-refractivity contribution in [3.8, 4) is 0 Å². The number of likely N-dealkylation sites (tertiary alicyclic amines) is 1. The van der Waals surface area contributed by atoms with Crippen LogP contribution in [0.3, 0.4) is 0 Å². The fourth-order valence-electron chi connectivity index (χ4n) is 2.50. The molecular formula is C13H17F2NO3S. The number of hydrogen-bond donors (Lipinski definition) is 1. The van der Waals surface area contributed by atoms with Crippen molar-refractivity contribution < 1.29 is 22.3 Å². The molecule has 4 nitrogen and oxygen atoms in total. The van der Waals surface area contributed by atoms with Crippen LogP contribution in [0.1, 0.15) is 18.0 Å². The summed E-state index contributed by atoms with van der Waals surface area (Å²) in [6.07, 6.45) is 0.726. The Hall–Kier alpha value is -1.05. The first kappa shape index (κ1) is 15.3. The highest BCUT2D eigenvalue weighted by atomic mass is 32.2. The van der Waals surface area contributed by atoms with Gasteiger partial charge in [-0.25, -0.2) is 17.2 Å². The van der Waals surface area contributed by atoms with E-state index in [0.717, 1.165) is 24.5 Å². The third-order valence-electron chi connectivity index (χ3n) is 3.45. The quantitative estimate of drug-likeness (QED) is 0.905. The number of halogens is 2. The zero-order valence-corrected chi connectivity index (χ0v) is 11.9. The lowest BCUT2D eigenvalue weighted by Gasteiger charge is -2.24. The monoisotopic (exact) mass is 305 g/mol. The minimum absolute atomic E-state index is 0.0762. The number of benzene rings is 1. The molecule has 0 bridgehead atoms. The normalized spacial score (nSPS) is 24.2. The van der Waals surface area contributed by atoms with Crippen LogP contribution in [0.25, 0.3) is 0 Å². The first-order chi connectivity index (χ1) is 9.26. The molecule has 1 aromatic rings. The van der Waals surface area contributed by atoms with Gasteiger partial charge in [0.2, 0.25) is 0 Å². The van der Waals surface area contributed by atoms with E-state index in [9.17, 15) is 22.3 Å². The van der Waals surface area contributed by atoms with Crippen LogP contribution in [0, 0.1) is 11.6 Å². The van der Waals surface area contributed by atoms with E-state index >= 15 is 0 Å². The Morgan fingerprint density at radius 2 is 2.10 bits per heavy atom. The fourth-order valence-corrected chi connectivity index (χ4v) is 3.07. The molecule has 1 heterocycles. The Balaban J connectivity index is 2.21. The Labute approximate surface area is 116 Å². The lowest BCUT2D eigenvalue weighted by atomic mass is 10.0. The van der Waals surface area contributed by atoms with E-state index in [-0.39, 0.29) is 30.8 Å². The van der Waals surface area contributed by atoms with Gasteiger partial charge in [-0.3, -0.25) is 4.90 Å². The molecule has 2 rings (SSSR count). The van der Waals surface area contributed by atoms with Crippen LogP contribution in [0.2, 0.25) is 0 Å². The van der Waals surface area contributed by atoms with Crippen molar-refractivity contribution in [1.29, 1.82) is 0 Å². The summed E-state index contributed by atoms with van der Waals surface area (Å²) >= 11 is 0. The van der Waals surface area contributed by atoms with Gasteiger partial charge < -0.3 is 5.11 Å². The second-order valence-electron chi connectivity index (χ2n) is 5.20. The van der Waals surface area contributed by atoms with E-state index in [0.29, 0.717) is 0 Å². The molecule has 112 valence electrons. The predicted molar refractivity (Wildman–Crippen MR) is 71.0 cm³/mol. The standard InChI is InChI=1S/C13H17F2NO3S/c1-20(18,19)5-4-16-8-10(17)7-13(16)11-6-9(14)2-3-12(11)15/h2-3,6,10,13,17H,4-5,7-8H2,1H3. The maximum absolute atomic E-state index is 13.8.